The molecule has 1 aromatic rings. The van der Waals surface area contributed by atoms with E-state index in [1.54, 1.807) is 6.08 Å². The van der Waals surface area contributed by atoms with Gasteiger partial charge >= 0.3 is 5.97 Å². The van der Waals surface area contributed by atoms with Crippen LogP contribution < -0.4 is 0 Å². The SMILES string of the molecule is C[Si](C)(C)OOC(=O)/C=C/c1ccccc1. The molecule has 0 saturated heterocycles. The van der Waals surface area contributed by atoms with Gasteiger partial charge in [0.15, 0.2) is 0 Å². The zero-order valence-corrected chi connectivity index (χ0v) is 10.8. The summed E-state index contributed by atoms with van der Waals surface area (Å²) in [5.74, 6) is -0.480. The van der Waals surface area contributed by atoms with Crippen LogP contribution in [0.2, 0.25) is 19.6 Å². The van der Waals surface area contributed by atoms with Crippen molar-refractivity contribution in [3.05, 3.63) is 42.0 Å². The van der Waals surface area contributed by atoms with Gasteiger partial charge in [0.2, 0.25) is 8.32 Å². The Morgan fingerprint density at radius 2 is 1.81 bits per heavy atom. The highest BCUT2D eigenvalue weighted by Gasteiger charge is 2.18. The topological polar surface area (TPSA) is 35.5 Å². The highest BCUT2D eigenvalue weighted by atomic mass is 28.4. The molecule has 0 atom stereocenters. The van der Waals surface area contributed by atoms with Gasteiger partial charge in [-0.05, 0) is 31.3 Å². The Morgan fingerprint density at radius 3 is 2.38 bits per heavy atom. The van der Waals surface area contributed by atoms with Crippen LogP contribution in [0.3, 0.4) is 0 Å². The zero-order chi connectivity index (χ0) is 12.0. The molecule has 0 spiro atoms. The lowest BCUT2D eigenvalue weighted by Gasteiger charge is -2.13. The van der Waals surface area contributed by atoms with Crippen LogP contribution in [0.5, 0.6) is 0 Å². The number of hydrogen-bond donors (Lipinski definition) is 0. The highest BCUT2D eigenvalue weighted by molar-refractivity contribution is 6.69. The summed E-state index contributed by atoms with van der Waals surface area (Å²) in [7, 11) is -1.81. The van der Waals surface area contributed by atoms with Crippen molar-refractivity contribution in [2.75, 3.05) is 0 Å². The lowest BCUT2D eigenvalue weighted by molar-refractivity contribution is -0.213. The predicted octanol–water partition coefficient (Wildman–Crippen LogP) is 3.01. The van der Waals surface area contributed by atoms with Gasteiger partial charge in [-0.1, -0.05) is 30.3 Å². The number of benzene rings is 1. The minimum atomic E-state index is -1.81. The Hall–Kier alpha value is -1.39. The molecule has 0 N–H and O–H groups in total. The van der Waals surface area contributed by atoms with E-state index in [1.807, 2.05) is 50.0 Å². The molecule has 0 unspecified atom stereocenters. The monoisotopic (exact) mass is 236 g/mol. The third-order valence-corrected chi connectivity index (χ3v) is 2.17. The summed E-state index contributed by atoms with van der Waals surface area (Å²) >= 11 is 0. The van der Waals surface area contributed by atoms with Crippen molar-refractivity contribution in [3.8, 4) is 0 Å². The average molecular weight is 236 g/mol. The largest absolute Gasteiger partial charge is 0.364 e. The van der Waals surface area contributed by atoms with Crippen molar-refractivity contribution < 1.29 is 14.3 Å². The van der Waals surface area contributed by atoms with E-state index in [2.05, 4.69) is 4.89 Å². The van der Waals surface area contributed by atoms with E-state index in [0.29, 0.717) is 0 Å². The van der Waals surface area contributed by atoms with Crippen LogP contribution in [0.4, 0.5) is 0 Å². The van der Waals surface area contributed by atoms with E-state index < -0.39 is 14.3 Å². The first-order valence-electron chi connectivity index (χ1n) is 5.10. The molecule has 0 aliphatic heterocycles. The number of rotatable bonds is 4. The van der Waals surface area contributed by atoms with Gasteiger partial charge in [-0.25, -0.2) is 9.37 Å². The summed E-state index contributed by atoms with van der Waals surface area (Å²) in [6.45, 7) is 5.84. The zero-order valence-electron chi connectivity index (χ0n) is 9.77. The number of carbonyl (C=O) groups excluding carboxylic acids is 1. The molecule has 0 aliphatic rings. The van der Waals surface area contributed by atoms with Crippen LogP contribution in [0, 0.1) is 0 Å². The number of carbonyl (C=O) groups is 1. The Kier molecular flexibility index (Phi) is 4.46. The molecule has 0 heterocycles. The first-order valence-corrected chi connectivity index (χ1v) is 8.51. The minimum Gasteiger partial charge on any atom is -0.305 e. The van der Waals surface area contributed by atoms with Gasteiger partial charge in [0.1, 0.15) is 0 Å². The third kappa shape index (κ3) is 5.48. The maximum atomic E-state index is 11.3. The standard InChI is InChI=1S/C12H16O3Si/c1-16(2,3)15-14-12(13)10-9-11-7-5-4-6-8-11/h4-10H,1-3H3/b10-9+. The second-order valence-corrected chi connectivity index (χ2v) is 8.73. The molecule has 86 valence electrons. The van der Waals surface area contributed by atoms with Gasteiger partial charge in [0.05, 0.1) is 0 Å². The molecule has 0 aliphatic carbocycles. The molecule has 0 amide bonds. The van der Waals surface area contributed by atoms with Crippen molar-refractivity contribution in [2.45, 2.75) is 19.6 Å². The smallest absolute Gasteiger partial charge is 0.305 e. The van der Waals surface area contributed by atoms with Gasteiger partial charge in [-0.15, -0.1) is 0 Å². The molecule has 0 bridgehead atoms. The van der Waals surface area contributed by atoms with Crippen LogP contribution in [0.15, 0.2) is 36.4 Å². The van der Waals surface area contributed by atoms with Crippen LogP contribution >= 0.6 is 0 Å². The summed E-state index contributed by atoms with van der Waals surface area (Å²) in [4.78, 5) is 15.9. The molecule has 16 heavy (non-hydrogen) atoms. The van der Waals surface area contributed by atoms with E-state index in [1.165, 1.54) is 6.08 Å². The summed E-state index contributed by atoms with van der Waals surface area (Å²) in [6.07, 6.45) is 3.05. The summed E-state index contributed by atoms with van der Waals surface area (Å²) in [5.41, 5.74) is 0.951. The van der Waals surface area contributed by atoms with Crippen molar-refractivity contribution in [1.82, 2.24) is 0 Å². The van der Waals surface area contributed by atoms with Gasteiger partial charge in [0.25, 0.3) is 0 Å². The molecule has 0 aromatic heterocycles. The molecule has 0 fully saturated rings. The molecule has 1 rings (SSSR count). The summed E-state index contributed by atoms with van der Waals surface area (Å²) in [6, 6.07) is 9.55. The predicted molar refractivity (Wildman–Crippen MR) is 66.0 cm³/mol. The fraction of sp³-hybridized carbons (Fsp3) is 0.250. The molecular weight excluding hydrogens is 220 g/mol. The van der Waals surface area contributed by atoms with Crippen LogP contribution in [0.25, 0.3) is 6.08 Å². The second-order valence-electron chi connectivity index (χ2n) is 4.34. The van der Waals surface area contributed by atoms with Crippen molar-refractivity contribution in [1.29, 1.82) is 0 Å². The van der Waals surface area contributed by atoms with Crippen molar-refractivity contribution >= 4 is 20.4 Å². The van der Waals surface area contributed by atoms with Crippen molar-refractivity contribution in [3.63, 3.8) is 0 Å². The molecule has 0 saturated carbocycles. The van der Waals surface area contributed by atoms with Crippen LogP contribution in [-0.4, -0.2) is 14.3 Å². The second kappa shape index (κ2) is 5.63. The third-order valence-electron chi connectivity index (χ3n) is 1.59. The number of hydrogen-bond acceptors (Lipinski definition) is 3. The van der Waals surface area contributed by atoms with Gasteiger partial charge in [-0.2, -0.15) is 0 Å². The van der Waals surface area contributed by atoms with Gasteiger partial charge in [-0.3, -0.25) is 0 Å². The normalized spacial score (nSPS) is 11.7. The van der Waals surface area contributed by atoms with Crippen LogP contribution in [0.1, 0.15) is 5.56 Å². The Labute approximate surface area is 96.8 Å². The first kappa shape index (κ1) is 12.7. The Morgan fingerprint density at radius 1 is 1.19 bits per heavy atom. The van der Waals surface area contributed by atoms with E-state index in [4.69, 9.17) is 4.58 Å². The highest BCUT2D eigenvalue weighted by Crippen LogP contribution is 2.05. The quantitative estimate of drug-likeness (QED) is 0.349. The van der Waals surface area contributed by atoms with E-state index >= 15 is 0 Å². The lowest BCUT2D eigenvalue weighted by Crippen LogP contribution is -2.26. The molecule has 4 heteroatoms. The summed E-state index contributed by atoms with van der Waals surface area (Å²) < 4.78 is 5.02. The van der Waals surface area contributed by atoms with Gasteiger partial charge < -0.3 is 4.89 Å². The maximum Gasteiger partial charge on any atom is 0.364 e. The fourth-order valence-electron chi connectivity index (χ4n) is 0.922. The van der Waals surface area contributed by atoms with Gasteiger partial charge in [0, 0.05) is 6.08 Å². The molecule has 3 nitrogen and oxygen atoms in total. The van der Waals surface area contributed by atoms with E-state index in [9.17, 15) is 4.79 Å². The Balaban J connectivity index is 2.43. The lowest BCUT2D eigenvalue weighted by atomic mass is 10.2. The average Bonchev–Trinajstić information content (AvgIpc) is 2.24. The maximum absolute atomic E-state index is 11.3. The van der Waals surface area contributed by atoms with E-state index in [-0.39, 0.29) is 0 Å². The first-order chi connectivity index (χ1) is 7.47. The fourth-order valence-corrected chi connectivity index (χ4v) is 1.25. The molecule has 1 aromatic carbocycles. The van der Waals surface area contributed by atoms with Crippen LogP contribution in [-0.2, 0) is 14.3 Å². The Bertz CT molecular complexity index is 366. The molecular formula is C12H16O3Si. The molecule has 0 radical (unpaired) electrons. The van der Waals surface area contributed by atoms with E-state index in [0.717, 1.165) is 5.56 Å². The minimum absolute atomic E-state index is 0.480. The van der Waals surface area contributed by atoms with Crippen molar-refractivity contribution in [2.24, 2.45) is 0 Å². The summed E-state index contributed by atoms with van der Waals surface area (Å²) in [5, 5.41) is 0.